The topological polar surface area (TPSA) is 23.6 Å². The standard InChI is InChI=1S/C30H28N2O/c1-23(21-22-24-13-5-2-6-14-24)31-29(27-19-11-12-20-28(27)30(31)33)32(25-15-7-3-8-16-25)26-17-9-4-10-18-26/h2-20,23,29H,21-22H2,1H3/t23-,29-/m1/s1. The second kappa shape index (κ2) is 9.33. The number of hydrogen-bond donors (Lipinski definition) is 0. The van der Waals surface area contributed by atoms with Crippen LogP contribution in [0.3, 0.4) is 0 Å². The Bertz CT molecular complexity index is 1170. The van der Waals surface area contributed by atoms with Crippen LogP contribution in [0.4, 0.5) is 11.4 Å². The molecule has 164 valence electrons. The summed E-state index contributed by atoms with van der Waals surface area (Å²) in [6.07, 6.45) is 1.63. The van der Waals surface area contributed by atoms with Crippen molar-refractivity contribution in [3.05, 3.63) is 132 Å². The van der Waals surface area contributed by atoms with E-state index in [1.54, 1.807) is 0 Å². The summed E-state index contributed by atoms with van der Waals surface area (Å²) in [5.41, 5.74) is 5.29. The summed E-state index contributed by atoms with van der Waals surface area (Å²) in [7, 11) is 0. The van der Waals surface area contributed by atoms with Gasteiger partial charge < -0.3 is 9.80 Å². The highest BCUT2D eigenvalue weighted by Crippen LogP contribution is 2.44. The zero-order valence-electron chi connectivity index (χ0n) is 18.8. The number of para-hydroxylation sites is 2. The monoisotopic (exact) mass is 432 g/mol. The first-order valence-electron chi connectivity index (χ1n) is 11.6. The number of aryl methyl sites for hydroxylation is 1. The molecule has 3 nitrogen and oxygen atoms in total. The first-order chi connectivity index (χ1) is 16.2. The molecule has 4 aromatic rings. The molecule has 0 fully saturated rings. The molecule has 5 rings (SSSR count). The maximum Gasteiger partial charge on any atom is 0.256 e. The van der Waals surface area contributed by atoms with Gasteiger partial charge in [-0.25, -0.2) is 0 Å². The molecule has 1 amide bonds. The van der Waals surface area contributed by atoms with E-state index in [1.165, 1.54) is 5.56 Å². The summed E-state index contributed by atoms with van der Waals surface area (Å²) in [6, 6.07) is 39.4. The van der Waals surface area contributed by atoms with Crippen molar-refractivity contribution in [1.82, 2.24) is 4.90 Å². The van der Waals surface area contributed by atoms with Crippen molar-refractivity contribution < 1.29 is 4.79 Å². The molecular formula is C30H28N2O. The minimum absolute atomic E-state index is 0.0741. The predicted octanol–water partition coefficient (Wildman–Crippen LogP) is 7.00. The van der Waals surface area contributed by atoms with Crippen LogP contribution in [0.1, 0.15) is 41.0 Å². The van der Waals surface area contributed by atoms with Crippen molar-refractivity contribution >= 4 is 17.3 Å². The van der Waals surface area contributed by atoms with Crippen molar-refractivity contribution in [3.8, 4) is 0 Å². The quantitative estimate of drug-likeness (QED) is 0.314. The fourth-order valence-corrected chi connectivity index (χ4v) is 4.79. The minimum Gasteiger partial charge on any atom is -0.316 e. The van der Waals surface area contributed by atoms with Crippen molar-refractivity contribution in [2.45, 2.75) is 32.0 Å². The highest BCUT2D eigenvalue weighted by molar-refractivity contribution is 6.00. The van der Waals surface area contributed by atoms with Gasteiger partial charge >= 0.3 is 0 Å². The average molecular weight is 433 g/mol. The van der Waals surface area contributed by atoms with Gasteiger partial charge in [0.05, 0.1) is 0 Å². The smallest absolute Gasteiger partial charge is 0.256 e. The van der Waals surface area contributed by atoms with Gasteiger partial charge in [-0.3, -0.25) is 4.79 Å². The normalized spacial score (nSPS) is 15.8. The van der Waals surface area contributed by atoms with Crippen molar-refractivity contribution in [3.63, 3.8) is 0 Å². The lowest BCUT2D eigenvalue weighted by atomic mass is 10.0. The van der Waals surface area contributed by atoms with Gasteiger partial charge in [-0.15, -0.1) is 0 Å². The van der Waals surface area contributed by atoms with Crippen molar-refractivity contribution in [2.75, 3.05) is 4.90 Å². The molecule has 0 saturated heterocycles. The average Bonchev–Trinajstić information content (AvgIpc) is 3.17. The Hall–Kier alpha value is -3.85. The van der Waals surface area contributed by atoms with Gasteiger partial charge in [-0.2, -0.15) is 0 Å². The van der Waals surface area contributed by atoms with E-state index in [1.807, 2.05) is 36.4 Å². The van der Waals surface area contributed by atoms with Crippen LogP contribution >= 0.6 is 0 Å². The summed E-state index contributed by atoms with van der Waals surface area (Å²) in [4.78, 5) is 18.1. The lowest BCUT2D eigenvalue weighted by Crippen LogP contribution is -2.43. The van der Waals surface area contributed by atoms with E-state index in [2.05, 4.69) is 95.6 Å². The van der Waals surface area contributed by atoms with Crippen LogP contribution in [0.15, 0.2) is 115 Å². The zero-order chi connectivity index (χ0) is 22.6. The number of hydrogen-bond acceptors (Lipinski definition) is 2. The Morgan fingerprint density at radius 1 is 0.727 bits per heavy atom. The second-order valence-corrected chi connectivity index (χ2v) is 8.59. The third-order valence-electron chi connectivity index (χ3n) is 6.45. The highest BCUT2D eigenvalue weighted by Gasteiger charge is 2.42. The van der Waals surface area contributed by atoms with E-state index in [0.717, 1.165) is 35.3 Å². The molecule has 1 aliphatic rings. The number of anilines is 2. The Morgan fingerprint density at radius 2 is 1.24 bits per heavy atom. The highest BCUT2D eigenvalue weighted by atomic mass is 16.2. The van der Waals surface area contributed by atoms with Crippen molar-refractivity contribution in [1.29, 1.82) is 0 Å². The van der Waals surface area contributed by atoms with Crippen LogP contribution in [0.5, 0.6) is 0 Å². The van der Waals surface area contributed by atoms with Gasteiger partial charge in [-0.05, 0) is 55.7 Å². The lowest BCUT2D eigenvalue weighted by molar-refractivity contribution is 0.0640. The van der Waals surface area contributed by atoms with E-state index in [0.29, 0.717) is 0 Å². The van der Waals surface area contributed by atoms with Gasteiger partial charge in [0.1, 0.15) is 6.17 Å². The SMILES string of the molecule is C[C@H](CCc1ccccc1)N1C(=O)c2ccccc2[C@H]1N(c1ccccc1)c1ccccc1. The van der Waals surface area contributed by atoms with E-state index < -0.39 is 0 Å². The molecule has 0 radical (unpaired) electrons. The fraction of sp³-hybridized carbons (Fsp3) is 0.167. The molecule has 1 aliphatic heterocycles. The number of carbonyl (C=O) groups is 1. The Labute approximate surface area is 195 Å². The number of carbonyl (C=O) groups excluding carboxylic acids is 1. The van der Waals surface area contributed by atoms with E-state index in [9.17, 15) is 4.79 Å². The zero-order valence-corrected chi connectivity index (χ0v) is 18.8. The number of benzene rings is 4. The van der Waals surface area contributed by atoms with E-state index in [4.69, 9.17) is 0 Å². The molecule has 0 spiro atoms. The van der Waals surface area contributed by atoms with Crippen LogP contribution in [0.25, 0.3) is 0 Å². The Balaban J connectivity index is 1.57. The molecule has 0 N–H and O–H groups in total. The molecule has 33 heavy (non-hydrogen) atoms. The molecule has 3 heteroatoms. The maximum atomic E-state index is 13.7. The number of amides is 1. The second-order valence-electron chi connectivity index (χ2n) is 8.59. The van der Waals surface area contributed by atoms with Gasteiger partial charge in [0.25, 0.3) is 5.91 Å². The van der Waals surface area contributed by atoms with Crippen LogP contribution < -0.4 is 4.90 Å². The number of nitrogens with zero attached hydrogens (tertiary/aromatic N) is 2. The van der Waals surface area contributed by atoms with Crippen molar-refractivity contribution in [2.24, 2.45) is 0 Å². The van der Waals surface area contributed by atoms with Crippen LogP contribution in [0.2, 0.25) is 0 Å². The van der Waals surface area contributed by atoms with Crippen LogP contribution in [-0.4, -0.2) is 16.8 Å². The molecule has 0 bridgehead atoms. The molecule has 0 saturated carbocycles. The molecular weight excluding hydrogens is 404 g/mol. The molecule has 2 atom stereocenters. The third-order valence-corrected chi connectivity index (χ3v) is 6.45. The van der Waals surface area contributed by atoms with E-state index >= 15 is 0 Å². The van der Waals surface area contributed by atoms with Gasteiger partial charge in [0.15, 0.2) is 0 Å². The first kappa shape index (κ1) is 21.0. The lowest BCUT2D eigenvalue weighted by Gasteiger charge is -2.40. The fourth-order valence-electron chi connectivity index (χ4n) is 4.79. The molecule has 0 aromatic heterocycles. The predicted molar refractivity (Wildman–Crippen MR) is 135 cm³/mol. The molecule has 0 unspecified atom stereocenters. The maximum absolute atomic E-state index is 13.7. The summed E-state index contributed by atoms with van der Waals surface area (Å²) in [5.74, 6) is 0.105. The summed E-state index contributed by atoms with van der Waals surface area (Å²) >= 11 is 0. The summed E-state index contributed by atoms with van der Waals surface area (Å²) in [6.45, 7) is 2.17. The molecule has 0 aliphatic carbocycles. The Kier molecular flexibility index (Phi) is 5.95. The molecule has 4 aromatic carbocycles. The Morgan fingerprint density at radius 3 is 1.85 bits per heavy atom. The third kappa shape index (κ3) is 4.14. The van der Waals surface area contributed by atoms with Crippen LogP contribution in [0, 0.1) is 0 Å². The summed E-state index contributed by atoms with van der Waals surface area (Å²) < 4.78 is 0. The first-order valence-corrected chi connectivity index (χ1v) is 11.6. The van der Waals surface area contributed by atoms with Crippen LogP contribution in [-0.2, 0) is 6.42 Å². The van der Waals surface area contributed by atoms with Gasteiger partial charge in [0.2, 0.25) is 0 Å². The van der Waals surface area contributed by atoms with Gasteiger partial charge in [0, 0.05) is 28.5 Å². The van der Waals surface area contributed by atoms with Gasteiger partial charge in [-0.1, -0.05) is 84.9 Å². The number of fused-ring (bicyclic) bond motifs is 1. The minimum atomic E-state index is -0.204. The number of rotatable bonds is 7. The summed E-state index contributed by atoms with van der Waals surface area (Å²) in [5, 5.41) is 0. The van der Waals surface area contributed by atoms with E-state index in [-0.39, 0.29) is 18.1 Å². The largest absolute Gasteiger partial charge is 0.316 e. The molecule has 1 heterocycles.